The normalized spacial score (nSPS) is 15.6. The number of rotatable bonds is 8. The van der Waals surface area contributed by atoms with Gasteiger partial charge in [0.25, 0.3) is 11.8 Å². The largest absolute Gasteiger partial charge is 0.497 e. The molecule has 0 aromatic heterocycles. The average Bonchev–Trinajstić information content (AvgIpc) is 3.00. The maximum Gasteiger partial charge on any atom is 0.326 e. The van der Waals surface area contributed by atoms with Gasteiger partial charge in [-0.1, -0.05) is 25.7 Å². The van der Waals surface area contributed by atoms with E-state index in [1.165, 1.54) is 46.1 Å². The second-order valence-electron chi connectivity index (χ2n) is 7.11. The summed E-state index contributed by atoms with van der Waals surface area (Å²) >= 11 is 0. The zero-order chi connectivity index (χ0) is 21.2. The molecule has 160 valence electrons. The van der Waals surface area contributed by atoms with Gasteiger partial charge in [-0.15, -0.1) is 0 Å². The second-order valence-corrected chi connectivity index (χ2v) is 7.11. The Kier molecular flexibility index (Phi) is 8.76. The lowest BCUT2D eigenvalue weighted by atomic mass is 10.1. The van der Waals surface area contributed by atoms with Gasteiger partial charge in [0.05, 0.1) is 14.2 Å². The molecule has 0 saturated heterocycles. The van der Waals surface area contributed by atoms with E-state index in [2.05, 4.69) is 10.6 Å². The molecule has 1 atom stereocenters. The van der Waals surface area contributed by atoms with E-state index in [1.807, 2.05) is 0 Å². The Hall–Kier alpha value is -2.77. The van der Waals surface area contributed by atoms with E-state index < -0.39 is 18.0 Å². The topological polar surface area (TPSA) is 103 Å². The van der Waals surface area contributed by atoms with Gasteiger partial charge >= 0.3 is 5.97 Å². The molecular weight excluding hydrogens is 376 g/mol. The Morgan fingerprint density at radius 2 is 1.59 bits per heavy atom. The molecule has 2 amide bonds. The first kappa shape index (κ1) is 22.5. The molecule has 2 rings (SSSR count). The van der Waals surface area contributed by atoms with Crippen LogP contribution < -0.4 is 20.1 Å². The van der Waals surface area contributed by atoms with Crippen molar-refractivity contribution in [1.82, 2.24) is 10.6 Å². The smallest absolute Gasteiger partial charge is 0.326 e. The van der Waals surface area contributed by atoms with Crippen molar-refractivity contribution in [3.8, 4) is 11.5 Å². The zero-order valence-corrected chi connectivity index (χ0v) is 17.3. The van der Waals surface area contributed by atoms with Gasteiger partial charge in [-0.25, -0.2) is 0 Å². The highest BCUT2D eigenvalue weighted by Gasteiger charge is 2.22. The molecule has 0 spiro atoms. The number of ether oxygens (including phenoxy) is 3. The van der Waals surface area contributed by atoms with Crippen LogP contribution >= 0.6 is 0 Å². The molecule has 1 aliphatic rings. The Bertz CT molecular complexity index is 691. The summed E-state index contributed by atoms with van der Waals surface area (Å²) in [6.07, 6.45) is 5.56. The fourth-order valence-corrected chi connectivity index (χ4v) is 3.23. The molecule has 0 aliphatic heterocycles. The van der Waals surface area contributed by atoms with Crippen molar-refractivity contribution in [2.24, 2.45) is 0 Å². The van der Waals surface area contributed by atoms with E-state index in [1.54, 1.807) is 6.07 Å². The average molecular weight is 406 g/mol. The third kappa shape index (κ3) is 7.29. The van der Waals surface area contributed by atoms with Crippen LogP contribution in [0.2, 0.25) is 0 Å². The van der Waals surface area contributed by atoms with Gasteiger partial charge in [0, 0.05) is 17.7 Å². The Balaban J connectivity index is 1.81. The third-order valence-corrected chi connectivity index (χ3v) is 4.89. The molecule has 0 unspecified atom stereocenters. The number of amides is 2. The Labute approximate surface area is 171 Å². The summed E-state index contributed by atoms with van der Waals surface area (Å²) in [5.74, 6) is -0.553. The number of benzene rings is 1. The third-order valence-electron chi connectivity index (χ3n) is 4.89. The highest BCUT2D eigenvalue weighted by Crippen LogP contribution is 2.22. The number of carbonyl (C=O) groups excluding carboxylic acids is 3. The van der Waals surface area contributed by atoms with Crippen LogP contribution in [0.5, 0.6) is 11.5 Å². The van der Waals surface area contributed by atoms with Crippen LogP contribution in [0.3, 0.4) is 0 Å². The first-order valence-corrected chi connectivity index (χ1v) is 9.94. The van der Waals surface area contributed by atoms with E-state index >= 15 is 0 Å². The number of nitrogens with one attached hydrogen (secondary N) is 2. The van der Waals surface area contributed by atoms with Crippen molar-refractivity contribution in [3.63, 3.8) is 0 Å². The maximum absolute atomic E-state index is 12.3. The van der Waals surface area contributed by atoms with Crippen LogP contribution in [-0.2, 0) is 14.3 Å². The predicted molar refractivity (Wildman–Crippen MR) is 107 cm³/mol. The van der Waals surface area contributed by atoms with Crippen molar-refractivity contribution in [2.45, 2.75) is 57.6 Å². The van der Waals surface area contributed by atoms with Crippen LogP contribution in [0.1, 0.15) is 55.8 Å². The molecule has 1 aromatic rings. The predicted octanol–water partition coefficient (Wildman–Crippen LogP) is 2.20. The van der Waals surface area contributed by atoms with Gasteiger partial charge in [0.1, 0.15) is 18.0 Å². The summed E-state index contributed by atoms with van der Waals surface area (Å²) in [6, 6.07) is 4.84. The summed E-state index contributed by atoms with van der Waals surface area (Å²) in [5.41, 5.74) is 0.285. The minimum atomic E-state index is -0.917. The first-order chi connectivity index (χ1) is 13.9. The van der Waals surface area contributed by atoms with Gasteiger partial charge in [0.15, 0.2) is 6.10 Å². The van der Waals surface area contributed by atoms with E-state index in [0.29, 0.717) is 11.5 Å². The molecule has 0 heterocycles. The fraction of sp³-hybridized carbons (Fsp3) is 0.571. The molecule has 0 bridgehead atoms. The van der Waals surface area contributed by atoms with Gasteiger partial charge in [-0.2, -0.15) is 0 Å². The van der Waals surface area contributed by atoms with Crippen LogP contribution in [0.15, 0.2) is 18.2 Å². The molecule has 1 aliphatic carbocycles. The minimum Gasteiger partial charge on any atom is -0.497 e. The zero-order valence-electron chi connectivity index (χ0n) is 17.3. The Morgan fingerprint density at radius 3 is 2.14 bits per heavy atom. The van der Waals surface area contributed by atoms with Gasteiger partial charge in [0.2, 0.25) is 0 Å². The SMILES string of the molecule is COc1cc(OC)cc(C(=O)NCC(=O)O[C@H](C)C(=O)NC2CCCCCC2)c1. The monoisotopic (exact) mass is 406 g/mol. The molecule has 29 heavy (non-hydrogen) atoms. The summed E-state index contributed by atoms with van der Waals surface area (Å²) in [5, 5.41) is 5.43. The number of hydrogen-bond acceptors (Lipinski definition) is 6. The molecular formula is C21H30N2O6. The van der Waals surface area contributed by atoms with E-state index in [9.17, 15) is 14.4 Å². The molecule has 0 radical (unpaired) electrons. The summed E-state index contributed by atoms with van der Waals surface area (Å²) in [7, 11) is 2.96. The van der Waals surface area contributed by atoms with E-state index in [-0.39, 0.29) is 24.1 Å². The van der Waals surface area contributed by atoms with Crippen molar-refractivity contribution in [2.75, 3.05) is 20.8 Å². The van der Waals surface area contributed by atoms with Crippen molar-refractivity contribution < 1.29 is 28.6 Å². The molecule has 1 saturated carbocycles. The van der Waals surface area contributed by atoms with Crippen LogP contribution in [0.25, 0.3) is 0 Å². The maximum atomic E-state index is 12.3. The van der Waals surface area contributed by atoms with Crippen molar-refractivity contribution >= 4 is 17.8 Å². The van der Waals surface area contributed by atoms with Crippen molar-refractivity contribution in [3.05, 3.63) is 23.8 Å². The number of hydrogen-bond donors (Lipinski definition) is 2. The lowest BCUT2D eigenvalue weighted by Crippen LogP contribution is -2.43. The van der Waals surface area contributed by atoms with Gasteiger partial charge < -0.3 is 24.8 Å². The number of methoxy groups -OCH3 is 2. The summed E-state index contributed by atoms with van der Waals surface area (Å²) in [4.78, 5) is 36.6. The second kappa shape index (κ2) is 11.3. The molecule has 1 fully saturated rings. The summed E-state index contributed by atoms with van der Waals surface area (Å²) in [6.45, 7) is 1.18. The molecule has 1 aromatic carbocycles. The fourth-order valence-electron chi connectivity index (χ4n) is 3.23. The van der Waals surface area contributed by atoms with Crippen LogP contribution in [0, 0.1) is 0 Å². The van der Waals surface area contributed by atoms with Gasteiger partial charge in [-0.05, 0) is 31.9 Å². The molecule has 8 nitrogen and oxygen atoms in total. The van der Waals surface area contributed by atoms with Crippen LogP contribution in [0.4, 0.5) is 0 Å². The standard InChI is InChI=1S/C21H30N2O6/c1-14(20(25)23-16-8-6-4-5-7-9-16)29-19(24)13-22-21(26)15-10-17(27-2)12-18(11-15)28-3/h10-12,14,16H,4-9,13H2,1-3H3,(H,22,26)(H,23,25)/t14-/m1/s1. The highest BCUT2D eigenvalue weighted by molar-refractivity contribution is 5.97. The van der Waals surface area contributed by atoms with Crippen molar-refractivity contribution in [1.29, 1.82) is 0 Å². The molecule has 8 heteroatoms. The highest BCUT2D eigenvalue weighted by atomic mass is 16.5. The van der Waals surface area contributed by atoms with Crippen LogP contribution in [-0.4, -0.2) is 50.7 Å². The van der Waals surface area contributed by atoms with E-state index in [0.717, 1.165) is 25.7 Å². The number of esters is 1. The van der Waals surface area contributed by atoms with E-state index in [4.69, 9.17) is 14.2 Å². The summed E-state index contributed by atoms with van der Waals surface area (Å²) < 4.78 is 15.4. The lowest BCUT2D eigenvalue weighted by Gasteiger charge is -2.19. The Morgan fingerprint density at radius 1 is 1.00 bits per heavy atom. The van der Waals surface area contributed by atoms with Gasteiger partial charge in [-0.3, -0.25) is 14.4 Å². The number of carbonyl (C=O) groups is 3. The quantitative estimate of drug-likeness (QED) is 0.507. The lowest BCUT2D eigenvalue weighted by molar-refractivity contribution is -0.154. The molecule has 2 N–H and O–H groups in total. The first-order valence-electron chi connectivity index (χ1n) is 9.94. The minimum absolute atomic E-state index is 0.133.